The van der Waals surface area contributed by atoms with Crippen molar-refractivity contribution in [3.05, 3.63) is 471 Å². The van der Waals surface area contributed by atoms with Crippen LogP contribution < -0.4 is 9.80 Å². The van der Waals surface area contributed by atoms with Crippen molar-refractivity contribution in [3.63, 3.8) is 0 Å². The Morgan fingerprint density at radius 2 is 0.536 bits per heavy atom. The quantitative estimate of drug-likeness (QED) is 0.102. The molecule has 0 fully saturated rings. The van der Waals surface area contributed by atoms with Gasteiger partial charge in [-0.3, -0.25) is 0 Å². The Bertz CT molecular complexity index is 10200. The second-order valence-electron chi connectivity index (χ2n) is 35.4. The number of rotatable bonds is 14. The van der Waals surface area contributed by atoms with E-state index in [1.807, 2.05) is 95.5 Å². The van der Waals surface area contributed by atoms with E-state index >= 15 is 0 Å². The molecule has 0 bridgehead atoms. The summed E-state index contributed by atoms with van der Waals surface area (Å²) < 4.78 is 194. The lowest BCUT2D eigenvalue weighted by Crippen LogP contribution is -2.09. The summed E-state index contributed by atoms with van der Waals surface area (Å²) in [5, 5.41) is 20.1. The number of benzene rings is 24. The number of thiophene rings is 2. The number of furan rings is 2. The lowest BCUT2D eigenvalue weighted by atomic mass is 9.82. The van der Waals surface area contributed by atoms with Crippen LogP contribution in [0.25, 0.3) is 238 Å². The lowest BCUT2D eigenvalue weighted by molar-refractivity contribution is 0.672. The van der Waals surface area contributed by atoms with Crippen molar-refractivity contribution < 1.29 is 36.2 Å². The first-order chi connectivity index (χ1) is 76.4. The number of nitrogens with zero attached hydrogens (tertiary/aromatic N) is 2. The van der Waals surface area contributed by atoms with Crippen LogP contribution in [0.3, 0.4) is 0 Å². The molecule has 648 valence electrons. The number of hydrogen-bond donors (Lipinski definition) is 0. The second kappa shape index (κ2) is 32.4. The lowest BCUT2D eigenvalue weighted by Gasteiger charge is -2.25. The molecule has 0 saturated heterocycles. The monoisotopic (exact) mass is 1810 g/mol. The van der Waals surface area contributed by atoms with Gasteiger partial charge in [0.1, 0.15) is 22.3 Å². The molecule has 138 heavy (non-hydrogen) atoms. The Morgan fingerprint density at radius 1 is 0.210 bits per heavy atom. The predicted octanol–water partition coefficient (Wildman–Crippen LogP) is 39.2. The van der Waals surface area contributed by atoms with E-state index in [0.29, 0.717) is 43.5 Å². The zero-order chi connectivity index (χ0) is 109. The zero-order valence-corrected chi connectivity index (χ0v) is 76.3. The third-order valence-electron chi connectivity index (χ3n) is 27.6. The largest absolute Gasteiger partial charge is 0.455 e. The molecule has 0 atom stereocenters. The second-order valence-corrected chi connectivity index (χ2v) is 37.5. The maximum Gasteiger partial charge on any atom is 0.143 e. The van der Waals surface area contributed by atoms with Gasteiger partial charge in [0.05, 0.1) is 27.4 Å². The Kier molecular flexibility index (Phi) is 14.7. The van der Waals surface area contributed by atoms with Gasteiger partial charge in [-0.2, -0.15) is 0 Å². The van der Waals surface area contributed by atoms with Crippen molar-refractivity contribution in [2.45, 2.75) is 27.7 Å². The highest BCUT2D eigenvalue weighted by Crippen LogP contribution is 2.58. The molecule has 4 nitrogen and oxygen atoms in total. The van der Waals surface area contributed by atoms with Crippen LogP contribution in [0.1, 0.15) is 49.7 Å². The molecule has 4 heterocycles. The highest BCUT2D eigenvalue weighted by molar-refractivity contribution is 7.27. The molecule has 0 N–H and O–H groups in total. The van der Waals surface area contributed by atoms with Crippen molar-refractivity contribution in [3.8, 4) is 89.0 Å². The average Bonchev–Trinajstić information content (AvgIpc) is 1.45. The van der Waals surface area contributed by atoms with E-state index in [0.717, 1.165) is 53.6 Å². The number of anilines is 6. The molecule has 0 aliphatic rings. The minimum Gasteiger partial charge on any atom is -0.455 e. The van der Waals surface area contributed by atoms with Gasteiger partial charge in [0.15, 0.2) is 0 Å². The Balaban J connectivity index is 0.000000157. The average molecular weight is 1820 g/mol. The normalized spacial score (nSPS) is 13.9. The number of hydrogen-bond acceptors (Lipinski definition) is 6. The predicted molar refractivity (Wildman–Crippen MR) is 592 cm³/mol. The van der Waals surface area contributed by atoms with Crippen LogP contribution in [0.15, 0.2) is 457 Å². The van der Waals surface area contributed by atoms with Crippen molar-refractivity contribution in [2.24, 2.45) is 0 Å². The van der Waals surface area contributed by atoms with Crippen molar-refractivity contribution >= 4 is 206 Å². The van der Waals surface area contributed by atoms with Gasteiger partial charge in [-0.15, -0.1) is 22.7 Å². The molecule has 0 aliphatic heterocycles. The van der Waals surface area contributed by atoms with Gasteiger partial charge in [0.25, 0.3) is 0 Å². The van der Waals surface area contributed by atoms with Gasteiger partial charge >= 0.3 is 0 Å². The molecule has 28 rings (SSSR count). The van der Waals surface area contributed by atoms with Crippen LogP contribution in [-0.4, -0.2) is 0 Å². The molecule has 0 spiro atoms. The van der Waals surface area contributed by atoms with E-state index in [9.17, 15) is 0 Å². The molecular formula is C132H86N2O2S2. The van der Waals surface area contributed by atoms with Gasteiger partial charge in [0.2, 0.25) is 0 Å². The van der Waals surface area contributed by atoms with Crippen molar-refractivity contribution in [2.75, 3.05) is 9.80 Å². The summed E-state index contributed by atoms with van der Waals surface area (Å²) in [5.41, 5.74) is 23.2. The SMILES string of the molecule is Cc1cccc(C)c1-c1ccc2c(c1)sc1c2cc2c(-c3ccccc3-c3ccccc3)cc3c4sc5cc(-c6c(C)cccc6C)ccc5c4cc4c(-c5ccccc5-c5ccccc5)cc1c2c43.[2H]c1c([2H])c([2H])c(N(c2ccc3c(c2)oc2c3cc3cc(-c4ccccc4)c4c5oc6cc(N(c7c([2H])c([2H])c([2H])c([2H])c7[2H])c7c([2H])c([2H])c([2H])c([2H])c7[2H])ccc6c5cc5cc(-c6ccccc6)c2c3c54)c2c([2H])c([2H])c([2H])c([2H])c2[2H])c([2H])c1[2H]. The van der Waals surface area contributed by atoms with E-state index in [1.165, 1.54) is 162 Å². The van der Waals surface area contributed by atoms with E-state index in [4.69, 9.17) is 36.2 Å². The molecule has 0 saturated carbocycles. The molecular weight excluding hydrogens is 1710 g/mol. The molecule has 4 aromatic heterocycles. The summed E-state index contributed by atoms with van der Waals surface area (Å²) in [6, 6.07) is 101. The molecule has 24 aromatic carbocycles. The molecule has 0 unspecified atom stereocenters. The van der Waals surface area contributed by atoms with E-state index in [-0.39, 0.29) is 22.5 Å². The fourth-order valence-electron chi connectivity index (χ4n) is 21.7. The number of aryl methyl sites for hydroxylation is 4. The first-order valence-electron chi connectivity index (χ1n) is 55.8. The highest BCUT2D eigenvalue weighted by atomic mass is 32.1. The fourth-order valence-corrected chi connectivity index (χ4v) is 24.2. The zero-order valence-electron chi connectivity index (χ0n) is 94.7. The topological polar surface area (TPSA) is 32.8 Å². The summed E-state index contributed by atoms with van der Waals surface area (Å²) in [4.78, 5) is 2.17. The number of fused-ring (bicyclic) bond motifs is 16. The molecule has 0 amide bonds. The van der Waals surface area contributed by atoms with Crippen LogP contribution >= 0.6 is 22.7 Å². The van der Waals surface area contributed by atoms with Crippen LogP contribution in [-0.2, 0) is 0 Å². The highest BCUT2D eigenvalue weighted by Gasteiger charge is 2.31. The first kappa shape index (κ1) is 62.5. The summed E-state index contributed by atoms with van der Waals surface area (Å²) >= 11 is 3.91. The number of para-hydroxylation sites is 4. The third kappa shape index (κ3) is 13.0. The van der Waals surface area contributed by atoms with Crippen molar-refractivity contribution in [1.29, 1.82) is 0 Å². The molecule has 28 aromatic rings. The van der Waals surface area contributed by atoms with Gasteiger partial charge in [-0.25, -0.2) is 0 Å². The summed E-state index contributed by atoms with van der Waals surface area (Å²) in [6.07, 6.45) is 0. The maximum absolute atomic E-state index is 9.07. The van der Waals surface area contributed by atoms with Gasteiger partial charge in [0, 0.05) is 140 Å². The van der Waals surface area contributed by atoms with Crippen LogP contribution in [0.5, 0.6) is 0 Å². The fraction of sp³-hybridized carbons (Fsp3) is 0.0303. The summed E-state index contributed by atoms with van der Waals surface area (Å²) in [5.74, 6) is 0. The minimum atomic E-state index is -0.707. The minimum absolute atomic E-state index is 0.0555. The molecule has 6 heteroatoms. The Hall–Kier alpha value is -17.0. The van der Waals surface area contributed by atoms with E-state index in [1.54, 1.807) is 36.4 Å². The van der Waals surface area contributed by atoms with Crippen LogP contribution in [0.4, 0.5) is 34.1 Å². The van der Waals surface area contributed by atoms with Gasteiger partial charge in [-0.1, -0.05) is 303 Å². The van der Waals surface area contributed by atoms with Gasteiger partial charge < -0.3 is 18.6 Å². The van der Waals surface area contributed by atoms with E-state index < -0.39 is 144 Å². The third-order valence-corrected chi connectivity index (χ3v) is 30.0. The van der Waals surface area contributed by atoms with Crippen LogP contribution in [0.2, 0.25) is 0 Å². The van der Waals surface area contributed by atoms with Gasteiger partial charge in [-0.05, 0) is 305 Å². The smallest absolute Gasteiger partial charge is 0.143 e. The molecule has 0 radical (unpaired) electrons. The molecule has 0 aliphatic carbocycles. The first-order valence-corrected chi connectivity index (χ1v) is 47.5. The Labute approximate surface area is 834 Å². The van der Waals surface area contributed by atoms with Crippen molar-refractivity contribution in [1.82, 2.24) is 0 Å². The maximum atomic E-state index is 9.07. The standard InChI is InChI=1S/C68H46S2.C64H40N2O2/c1-39-17-15-18-40(2)63(39)45-29-31-51-57-37-55-54(50-28-14-12-26-48(50)44-23-9-6-10-24-44)36-60-66-56(38-58-52-32-30-46(34-62(52)70-68(58)60)64-41(3)19-16-20-42(64)4)53(35-59(65(55)66)67(57)69-61(51)33-45)49-27-13-11-25-47(49)43-21-7-5-8-22-43;1-7-19-41(20-8-1)53-35-43-37-56-52-34-32-50(66(47-27-15-5-16-28-47)48-29-17-6-18-30-48)40-58(52)68-64(56)62-54(42-21-9-2-10-22-42)36-44-38-55-51-33-31-49(39-57(51)67-63(55)61(53)59(44)60(43)62)65(45-23-11-3-12-24-45)46-25-13-4-14-26-46/h5-38H,1-4H3;1-40H/i;3D,4D,5D,6D,11D,12D,13D,14D,15D,16D,17D,18D,23D,24D,25D,26D,27D,28D,29D,30D. The van der Waals surface area contributed by atoms with E-state index in [2.05, 4.69) is 246 Å². The Morgan fingerprint density at radius 3 is 0.891 bits per heavy atom. The summed E-state index contributed by atoms with van der Waals surface area (Å²) in [6.45, 7) is 8.96. The summed E-state index contributed by atoms with van der Waals surface area (Å²) in [7, 11) is 0. The van der Waals surface area contributed by atoms with Crippen LogP contribution in [0, 0.1) is 27.7 Å².